The van der Waals surface area contributed by atoms with Crippen LogP contribution in [-0.2, 0) is 5.41 Å². The van der Waals surface area contributed by atoms with Crippen molar-refractivity contribution in [2.75, 3.05) is 16.3 Å². The van der Waals surface area contributed by atoms with E-state index in [1.807, 2.05) is 37.8 Å². The van der Waals surface area contributed by atoms with Crippen LogP contribution in [0.1, 0.15) is 52.7 Å². The zero-order chi connectivity index (χ0) is 40.2. The molecule has 0 spiro atoms. The third-order valence-electron chi connectivity index (χ3n) is 11.0. The average Bonchev–Trinajstić information content (AvgIpc) is 3.25. The number of pyridine rings is 1. The lowest BCUT2D eigenvalue weighted by Crippen LogP contribution is -2.20. The Morgan fingerprint density at radius 3 is 1.93 bits per heavy atom. The topological polar surface area (TPSA) is 31.7 Å². The standard InChI is InChI=1S/C54H50N4/c1-7-39(17-16-32-57(38(3)36-55-8-2)44-18-11-9-12-19-44)50-35-51(49-30-26-42-34-43(54(4,5)6)33-41-25-29-48(50)53(49)52(41)42)40-23-27-46(28-24-40)58(45-20-13-10-14-21-45)47-22-15-31-56-37-47/h7-31,33-37H,32H2,1-6H3/b17-16-,38-36+,39-7+,55-8?. The first kappa shape index (κ1) is 38.1. The maximum Gasteiger partial charge on any atom is 0.0644 e. The van der Waals surface area contributed by atoms with Crippen LogP contribution in [-0.4, -0.2) is 17.7 Å². The highest BCUT2D eigenvalue weighted by molar-refractivity contribution is 6.27. The normalized spacial score (nSPS) is 12.8. The van der Waals surface area contributed by atoms with Crippen LogP contribution in [0, 0.1) is 0 Å². The number of hydrogen-bond donors (Lipinski definition) is 0. The van der Waals surface area contributed by atoms with Gasteiger partial charge in [-0.2, -0.15) is 0 Å². The monoisotopic (exact) mass is 754 g/mol. The molecule has 0 unspecified atom stereocenters. The van der Waals surface area contributed by atoms with E-state index in [-0.39, 0.29) is 5.41 Å². The molecule has 286 valence electrons. The van der Waals surface area contributed by atoms with E-state index < -0.39 is 0 Å². The molecule has 0 atom stereocenters. The summed E-state index contributed by atoms with van der Waals surface area (Å²) < 4.78 is 0. The molecular weight excluding hydrogens is 705 g/mol. The van der Waals surface area contributed by atoms with Crippen molar-refractivity contribution in [3.63, 3.8) is 0 Å². The van der Waals surface area contributed by atoms with Gasteiger partial charge in [0.2, 0.25) is 0 Å². The van der Waals surface area contributed by atoms with Crippen molar-refractivity contribution in [2.24, 2.45) is 4.99 Å². The minimum atomic E-state index is 0.0406. The fourth-order valence-electron chi connectivity index (χ4n) is 8.07. The second-order valence-corrected chi connectivity index (χ2v) is 15.8. The molecule has 0 saturated carbocycles. The Bertz CT molecular complexity index is 2730. The number of aromatic nitrogens is 1. The van der Waals surface area contributed by atoms with E-state index in [0.29, 0.717) is 6.54 Å². The Hall–Kier alpha value is -6.78. The van der Waals surface area contributed by atoms with Crippen LogP contribution in [0.25, 0.3) is 49.0 Å². The number of hydrogen-bond acceptors (Lipinski definition) is 4. The van der Waals surface area contributed by atoms with E-state index in [0.717, 1.165) is 28.4 Å². The summed E-state index contributed by atoms with van der Waals surface area (Å²) >= 11 is 0. The summed E-state index contributed by atoms with van der Waals surface area (Å²) in [6.07, 6.45) is 14.3. The molecule has 0 radical (unpaired) electrons. The molecule has 1 heterocycles. The molecule has 1 aromatic heterocycles. The van der Waals surface area contributed by atoms with E-state index in [4.69, 9.17) is 0 Å². The van der Waals surface area contributed by atoms with E-state index in [2.05, 4.69) is 206 Å². The van der Waals surface area contributed by atoms with Gasteiger partial charge in [0.25, 0.3) is 0 Å². The zero-order valence-electron chi connectivity index (χ0n) is 34.3. The molecule has 4 nitrogen and oxygen atoms in total. The second-order valence-electron chi connectivity index (χ2n) is 15.8. The van der Waals surface area contributed by atoms with Crippen molar-refractivity contribution in [1.29, 1.82) is 0 Å². The molecule has 0 aliphatic carbocycles. The second kappa shape index (κ2) is 16.4. The predicted octanol–water partition coefficient (Wildman–Crippen LogP) is 14.8. The maximum atomic E-state index is 4.45. The van der Waals surface area contributed by atoms with Gasteiger partial charge in [-0.05, 0) is 141 Å². The predicted molar refractivity (Wildman–Crippen MR) is 251 cm³/mol. The Morgan fingerprint density at radius 1 is 0.672 bits per heavy atom. The first-order valence-electron chi connectivity index (χ1n) is 20.2. The number of para-hydroxylation sites is 2. The van der Waals surface area contributed by atoms with Crippen molar-refractivity contribution in [1.82, 2.24) is 4.98 Å². The van der Waals surface area contributed by atoms with Crippen LogP contribution in [0.15, 0.2) is 187 Å². The van der Waals surface area contributed by atoms with Gasteiger partial charge in [-0.1, -0.05) is 124 Å². The summed E-state index contributed by atoms with van der Waals surface area (Å²) in [5, 5.41) is 7.70. The SMILES string of the molecule is CC=N/C=C(\C)N(C/C=C\C(=C/C)c1cc(-c2ccc(N(c3ccccc3)c3cccnc3)cc2)c2ccc3cc(C(C)(C)C)cc4ccc1c2c43)c1ccccc1. The van der Waals surface area contributed by atoms with Crippen molar-refractivity contribution in [2.45, 2.75) is 47.0 Å². The van der Waals surface area contributed by atoms with Crippen LogP contribution in [0.4, 0.5) is 22.7 Å². The number of anilines is 4. The quantitative estimate of drug-likeness (QED) is 0.0749. The number of allylic oxidation sites excluding steroid dienone is 4. The van der Waals surface area contributed by atoms with Gasteiger partial charge < -0.3 is 9.80 Å². The van der Waals surface area contributed by atoms with Crippen molar-refractivity contribution in [3.8, 4) is 11.1 Å². The fourth-order valence-corrected chi connectivity index (χ4v) is 8.07. The highest BCUT2D eigenvalue weighted by Gasteiger charge is 2.21. The molecule has 0 fully saturated rings. The minimum Gasteiger partial charge on any atom is -0.340 e. The maximum absolute atomic E-state index is 4.45. The zero-order valence-corrected chi connectivity index (χ0v) is 34.3. The van der Waals surface area contributed by atoms with E-state index in [1.54, 1.807) is 0 Å². The van der Waals surface area contributed by atoms with Crippen LogP contribution in [0.3, 0.4) is 0 Å². The van der Waals surface area contributed by atoms with Crippen LogP contribution in [0.5, 0.6) is 0 Å². The number of rotatable bonds is 11. The fraction of sp³-hybridized carbons (Fsp3) is 0.148. The lowest BCUT2D eigenvalue weighted by Gasteiger charge is -2.25. The van der Waals surface area contributed by atoms with E-state index >= 15 is 0 Å². The molecule has 0 saturated heterocycles. The third kappa shape index (κ3) is 7.54. The minimum absolute atomic E-state index is 0.0406. The van der Waals surface area contributed by atoms with Gasteiger partial charge in [-0.25, -0.2) is 0 Å². The molecule has 0 N–H and O–H groups in total. The first-order chi connectivity index (χ1) is 28.2. The first-order valence-corrected chi connectivity index (χ1v) is 20.2. The summed E-state index contributed by atoms with van der Waals surface area (Å²) in [4.78, 5) is 13.4. The van der Waals surface area contributed by atoms with Gasteiger partial charge in [0, 0.05) is 47.9 Å². The van der Waals surface area contributed by atoms with Crippen molar-refractivity contribution < 1.29 is 0 Å². The van der Waals surface area contributed by atoms with E-state index in [1.165, 1.54) is 60.1 Å². The van der Waals surface area contributed by atoms with E-state index in [9.17, 15) is 0 Å². The molecule has 7 aromatic carbocycles. The summed E-state index contributed by atoms with van der Waals surface area (Å²) in [5.41, 5.74) is 11.6. The highest BCUT2D eigenvalue weighted by Crippen LogP contribution is 2.45. The number of aliphatic imine (C=N–C) groups is 1. The Labute approximate surface area is 343 Å². The smallest absolute Gasteiger partial charge is 0.0644 e. The van der Waals surface area contributed by atoms with Gasteiger partial charge in [0.1, 0.15) is 0 Å². The van der Waals surface area contributed by atoms with Gasteiger partial charge >= 0.3 is 0 Å². The third-order valence-corrected chi connectivity index (χ3v) is 11.0. The Balaban J connectivity index is 1.28. The Morgan fingerprint density at radius 2 is 1.31 bits per heavy atom. The average molecular weight is 755 g/mol. The van der Waals surface area contributed by atoms with Gasteiger partial charge in [-0.3, -0.25) is 9.98 Å². The van der Waals surface area contributed by atoms with Crippen LogP contribution < -0.4 is 9.80 Å². The molecule has 0 aliphatic rings. The van der Waals surface area contributed by atoms with Crippen LogP contribution in [0.2, 0.25) is 0 Å². The highest BCUT2D eigenvalue weighted by atomic mass is 15.1. The van der Waals surface area contributed by atoms with Crippen molar-refractivity contribution >= 4 is 66.9 Å². The van der Waals surface area contributed by atoms with Crippen molar-refractivity contribution in [3.05, 3.63) is 193 Å². The summed E-state index contributed by atoms with van der Waals surface area (Å²) in [6.45, 7) is 13.8. The summed E-state index contributed by atoms with van der Waals surface area (Å²) in [7, 11) is 0. The lowest BCUT2D eigenvalue weighted by atomic mass is 9.81. The van der Waals surface area contributed by atoms with Gasteiger partial charge in [0.15, 0.2) is 0 Å². The molecular formula is C54H50N4. The largest absolute Gasteiger partial charge is 0.340 e. The molecule has 0 aliphatic heterocycles. The number of nitrogens with zero attached hydrogens (tertiary/aromatic N) is 4. The lowest BCUT2D eigenvalue weighted by molar-refractivity contribution is 0.591. The molecule has 8 aromatic rings. The van der Waals surface area contributed by atoms with Gasteiger partial charge in [0.05, 0.1) is 11.9 Å². The summed E-state index contributed by atoms with van der Waals surface area (Å²) in [6, 6.07) is 50.6. The number of benzene rings is 7. The molecule has 8 rings (SSSR count). The molecule has 58 heavy (non-hydrogen) atoms. The molecule has 0 amide bonds. The van der Waals surface area contributed by atoms with Gasteiger partial charge in [-0.15, -0.1) is 0 Å². The molecule has 0 bridgehead atoms. The molecule has 4 heteroatoms. The Kier molecular flexibility index (Phi) is 10.8. The van der Waals surface area contributed by atoms with Crippen LogP contribution >= 0.6 is 0 Å². The summed E-state index contributed by atoms with van der Waals surface area (Å²) in [5.74, 6) is 0.